The number of fused-ring (bicyclic) bond motifs is 2. The Hall–Kier alpha value is -2.60. The topological polar surface area (TPSA) is 45.8 Å². The van der Waals surface area contributed by atoms with Crippen LogP contribution >= 0.6 is 0 Å². The molecule has 3 heterocycles. The van der Waals surface area contributed by atoms with Gasteiger partial charge in [0.05, 0.1) is 0 Å². The van der Waals surface area contributed by atoms with Crippen LogP contribution in [0.15, 0.2) is 60.7 Å². The van der Waals surface area contributed by atoms with E-state index in [4.69, 9.17) is 9.47 Å². The maximum absolute atomic E-state index is 5.70. The summed E-state index contributed by atoms with van der Waals surface area (Å²) in [5, 5.41) is 2.65. The number of nitrogens with zero attached hydrogens (tertiary/aromatic N) is 1. The molecule has 2 fully saturated rings. The average Bonchev–Trinajstić information content (AvgIpc) is 3.50. The second kappa shape index (κ2) is 8.15. The smallest absolute Gasteiger partial charge is 0.231 e. The lowest BCUT2D eigenvalue weighted by molar-refractivity contribution is 0.148. The lowest BCUT2D eigenvalue weighted by Crippen LogP contribution is -2.44. The van der Waals surface area contributed by atoms with E-state index >= 15 is 0 Å². The predicted molar refractivity (Wildman–Crippen MR) is 122 cm³/mol. The quantitative estimate of drug-likeness (QED) is 0.673. The Balaban J connectivity index is 1.12. The number of rotatable bonds is 4. The van der Waals surface area contributed by atoms with Crippen LogP contribution in [0, 0.1) is 5.92 Å². The zero-order chi connectivity index (χ0) is 20.6. The summed E-state index contributed by atoms with van der Waals surface area (Å²) in [6.07, 6.45) is 2.44. The summed E-state index contributed by atoms with van der Waals surface area (Å²) in [7, 11) is 0. The van der Waals surface area contributed by atoms with Crippen LogP contribution in [0.5, 0.6) is 11.5 Å². The Kier molecular flexibility index (Phi) is 5.03. The normalized spacial score (nSPS) is 24.1. The fraction of sp³-hybridized carbons (Fsp3) is 0.385. The van der Waals surface area contributed by atoms with Crippen molar-refractivity contribution in [2.24, 2.45) is 5.92 Å². The lowest BCUT2D eigenvalue weighted by atomic mass is 9.80. The fourth-order valence-electron chi connectivity index (χ4n) is 5.55. The van der Waals surface area contributed by atoms with Crippen molar-refractivity contribution in [2.75, 3.05) is 26.4 Å². The first-order chi connectivity index (χ1) is 15.3. The molecular weight excluding hydrogens is 386 g/mol. The van der Waals surface area contributed by atoms with Gasteiger partial charge in [-0.05, 0) is 54.3 Å². The van der Waals surface area contributed by atoms with Crippen LogP contribution in [0.1, 0.15) is 29.9 Å². The fourth-order valence-corrected chi connectivity index (χ4v) is 5.55. The van der Waals surface area contributed by atoms with Crippen molar-refractivity contribution in [3.63, 3.8) is 0 Å². The van der Waals surface area contributed by atoms with E-state index in [2.05, 4.69) is 70.3 Å². The first kappa shape index (κ1) is 19.1. The molecular formula is C26H29N3O2. The molecule has 5 nitrogen and oxygen atoms in total. The van der Waals surface area contributed by atoms with Gasteiger partial charge in [-0.25, -0.2) is 0 Å². The molecule has 160 valence electrons. The van der Waals surface area contributed by atoms with E-state index in [1.807, 2.05) is 6.07 Å². The molecule has 0 aromatic heterocycles. The van der Waals surface area contributed by atoms with Crippen LogP contribution in [-0.4, -0.2) is 37.4 Å². The van der Waals surface area contributed by atoms with Crippen LogP contribution in [0.3, 0.4) is 0 Å². The molecule has 3 aromatic carbocycles. The summed E-state index contributed by atoms with van der Waals surface area (Å²) in [5.41, 5.74) is 9.75. The molecule has 31 heavy (non-hydrogen) atoms. The summed E-state index contributed by atoms with van der Waals surface area (Å²) in [6.45, 7) is 4.51. The predicted octanol–water partition coefficient (Wildman–Crippen LogP) is 4.04. The van der Waals surface area contributed by atoms with Crippen molar-refractivity contribution >= 4 is 10.8 Å². The van der Waals surface area contributed by atoms with Gasteiger partial charge in [0.1, 0.15) is 0 Å². The van der Waals surface area contributed by atoms with Crippen LogP contribution in [0.4, 0.5) is 0 Å². The van der Waals surface area contributed by atoms with Crippen molar-refractivity contribution in [2.45, 2.75) is 31.3 Å². The van der Waals surface area contributed by atoms with Crippen LogP contribution in [0.2, 0.25) is 0 Å². The van der Waals surface area contributed by atoms with Crippen molar-refractivity contribution in [1.82, 2.24) is 15.8 Å². The number of hydrazine groups is 1. The molecule has 5 heteroatoms. The minimum Gasteiger partial charge on any atom is -0.454 e. The van der Waals surface area contributed by atoms with Gasteiger partial charge in [-0.15, -0.1) is 0 Å². The molecule has 0 aliphatic carbocycles. The van der Waals surface area contributed by atoms with Gasteiger partial charge < -0.3 is 9.47 Å². The second-order valence-electron chi connectivity index (χ2n) is 9.03. The molecule has 0 amide bonds. The van der Waals surface area contributed by atoms with E-state index in [0.717, 1.165) is 37.7 Å². The Morgan fingerprint density at radius 3 is 2.68 bits per heavy atom. The van der Waals surface area contributed by atoms with Gasteiger partial charge in [-0.2, -0.15) is 0 Å². The Morgan fingerprint density at radius 1 is 0.903 bits per heavy atom. The van der Waals surface area contributed by atoms with Crippen LogP contribution in [0.25, 0.3) is 10.8 Å². The van der Waals surface area contributed by atoms with E-state index in [1.54, 1.807) is 0 Å². The van der Waals surface area contributed by atoms with Crippen molar-refractivity contribution in [3.8, 4) is 11.5 Å². The standard InChI is InChI=1S/C26H29N3O2/c1-2-5-20-14-21(9-8-18(20)4-1)23-15-27-28-25(23)19-10-12-29(13-11-19)16-22-6-3-7-24-26(22)31-17-30-24/h1-9,14,19,23,25,27-28H,10-13,15-17H2. The number of nitrogens with one attached hydrogen (secondary N) is 2. The molecule has 2 N–H and O–H groups in total. The zero-order valence-electron chi connectivity index (χ0n) is 17.7. The Bertz CT molecular complexity index is 1080. The van der Waals surface area contributed by atoms with Crippen LogP contribution < -0.4 is 20.3 Å². The van der Waals surface area contributed by atoms with E-state index in [0.29, 0.717) is 24.7 Å². The third-order valence-corrected chi connectivity index (χ3v) is 7.24. The highest BCUT2D eigenvalue weighted by atomic mass is 16.7. The maximum atomic E-state index is 5.70. The van der Waals surface area contributed by atoms with Gasteiger partial charge in [0.15, 0.2) is 11.5 Å². The van der Waals surface area contributed by atoms with Gasteiger partial charge in [-0.3, -0.25) is 15.8 Å². The van der Waals surface area contributed by atoms with Gasteiger partial charge in [0.2, 0.25) is 6.79 Å². The van der Waals surface area contributed by atoms with Gasteiger partial charge in [0, 0.05) is 30.6 Å². The molecule has 3 aliphatic rings. The number of para-hydroxylation sites is 1. The summed E-state index contributed by atoms with van der Waals surface area (Å²) >= 11 is 0. The minimum absolute atomic E-state index is 0.338. The summed E-state index contributed by atoms with van der Waals surface area (Å²) in [4.78, 5) is 2.56. The Labute approximate surface area is 183 Å². The Morgan fingerprint density at radius 2 is 1.77 bits per heavy atom. The lowest BCUT2D eigenvalue weighted by Gasteiger charge is -2.36. The number of ether oxygens (including phenoxy) is 2. The number of benzene rings is 3. The molecule has 2 atom stereocenters. The molecule has 0 saturated carbocycles. The van der Waals surface area contributed by atoms with E-state index < -0.39 is 0 Å². The molecule has 0 radical (unpaired) electrons. The van der Waals surface area contributed by atoms with Gasteiger partial charge in [0.25, 0.3) is 0 Å². The number of piperidine rings is 1. The van der Waals surface area contributed by atoms with Crippen molar-refractivity contribution < 1.29 is 9.47 Å². The maximum Gasteiger partial charge on any atom is 0.231 e. The minimum atomic E-state index is 0.338. The van der Waals surface area contributed by atoms with Gasteiger partial charge in [-0.1, -0.05) is 54.6 Å². The third kappa shape index (κ3) is 3.67. The molecule has 3 aromatic rings. The van der Waals surface area contributed by atoms with Crippen molar-refractivity contribution in [1.29, 1.82) is 0 Å². The number of likely N-dealkylation sites (tertiary alicyclic amines) is 1. The first-order valence-electron chi connectivity index (χ1n) is 11.4. The number of hydrogen-bond acceptors (Lipinski definition) is 5. The van der Waals surface area contributed by atoms with Crippen LogP contribution in [-0.2, 0) is 6.54 Å². The highest BCUT2D eigenvalue weighted by Gasteiger charge is 2.36. The largest absolute Gasteiger partial charge is 0.454 e. The third-order valence-electron chi connectivity index (χ3n) is 7.24. The first-order valence-corrected chi connectivity index (χ1v) is 11.4. The summed E-state index contributed by atoms with van der Waals surface area (Å²) < 4.78 is 11.2. The molecule has 0 spiro atoms. The molecule has 3 aliphatic heterocycles. The summed E-state index contributed by atoms with van der Waals surface area (Å²) in [5.74, 6) is 3.02. The molecule has 6 rings (SSSR count). The zero-order valence-corrected chi connectivity index (χ0v) is 17.7. The van der Waals surface area contributed by atoms with Gasteiger partial charge >= 0.3 is 0 Å². The highest BCUT2D eigenvalue weighted by molar-refractivity contribution is 5.83. The van der Waals surface area contributed by atoms with E-state index in [-0.39, 0.29) is 0 Å². The average molecular weight is 416 g/mol. The molecule has 0 bridgehead atoms. The SMILES string of the molecule is c1cc(CN2CCC(C3NNCC3c3ccc4ccccc4c3)CC2)c2c(c1)OCO2. The molecule has 2 saturated heterocycles. The van der Waals surface area contributed by atoms with E-state index in [9.17, 15) is 0 Å². The monoisotopic (exact) mass is 415 g/mol. The van der Waals surface area contributed by atoms with E-state index in [1.165, 1.54) is 34.7 Å². The molecule has 2 unspecified atom stereocenters. The highest BCUT2D eigenvalue weighted by Crippen LogP contribution is 2.37. The summed E-state index contributed by atoms with van der Waals surface area (Å²) in [6, 6.07) is 22.3. The number of hydrogen-bond donors (Lipinski definition) is 2. The van der Waals surface area contributed by atoms with Crippen molar-refractivity contribution in [3.05, 3.63) is 71.8 Å². The second-order valence-corrected chi connectivity index (χ2v) is 9.03.